The third-order valence-electron chi connectivity index (χ3n) is 5.00. The van der Waals surface area contributed by atoms with Gasteiger partial charge in [-0.1, -0.05) is 0 Å². The summed E-state index contributed by atoms with van der Waals surface area (Å²) in [4.78, 5) is 34.8. The average Bonchev–Trinajstić information content (AvgIpc) is 2.89. The van der Waals surface area contributed by atoms with E-state index in [9.17, 15) is 22.8 Å². The number of aromatic nitrogens is 2. The molecule has 0 aliphatic carbocycles. The molecule has 154 valence electrons. The highest BCUT2D eigenvalue weighted by atomic mass is 19.4. The highest BCUT2D eigenvalue weighted by Gasteiger charge is 2.47. The molecular formula is C18H23F3N4O3. The van der Waals surface area contributed by atoms with Crippen molar-refractivity contribution in [3.8, 4) is 0 Å². The molecule has 0 N–H and O–H groups in total. The Labute approximate surface area is 160 Å². The van der Waals surface area contributed by atoms with Gasteiger partial charge in [0.05, 0.1) is 12.4 Å². The largest absolute Gasteiger partial charge is 0.444 e. The van der Waals surface area contributed by atoms with Crippen LogP contribution >= 0.6 is 0 Å². The maximum Gasteiger partial charge on any atom is 0.434 e. The lowest BCUT2D eigenvalue weighted by Crippen LogP contribution is -2.46. The van der Waals surface area contributed by atoms with Gasteiger partial charge in [-0.25, -0.2) is 14.8 Å². The van der Waals surface area contributed by atoms with E-state index in [0.717, 1.165) is 6.20 Å². The number of ether oxygens (including phenoxy) is 1. The monoisotopic (exact) mass is 400 g/mol. The Morgan fingerprint density at radius 2 is 1.79 bits per heavy atom. The second kappa shape index (κ2) is 6.89. The molecule has 1 aromatic heterocycles. The number of anilines is 1. The Balaban J connectivity index is 1.64. The van der Waals surface area contributed by atoms with Crippen LogP contribution in [0.4, 0.5) is 23.8 Å². The fourth-order valence-electron chi connectivity index (χ4n) is 3.54. The summed E-state index contributed by atoms with van der Waals surface area (Å²) >= 11 is 0. The molecule has 1 spiro atoms. The molecule has 1 aromatic rings. The highest BCUT2D eigenvalue weighted by Crippen LogP contribution is 2.42. The molecule has 2 saturated heterocycles. The van der Waals surface area contributed by atoms with Crippen LogP contribution in [0.25, 0.3) is 0 Å². The number of nitrogens with zero attached hydrogens (tertiary/aromatic N) is 4. The van der Waals surface area contributed by atoms with E-state index in [4.69, 9.17) is 4.74 Å². The van der Waals surface area contributed by atoms with Gasteiger partial charge in [0.15, 0.2) is 11.5 Å². The summed E-state index contributed by atoms with van der Waals surface area (Å²) in [5.41, 5.74) is -1.99. The summed E-state index contributed by atoms with van der Waals surface area (Å²) in [6.45, 7) is 6.69. The number of carbonyl (C=O) groups excluding carboxylic acids is 2. The molecule has 2 fully saturated rings. The lowest BCUT2D eigenvalue weighted by Gasteiger charge is -2.39. The minimum Gasteiger partial charge on any atom is -0.444 e. The SMILES string of the molecule is CC(C)(C)OC(=O)N1CCC2(CC1)CC(=O)N(c1cnc(C(F)(F)F)cn1)C2. The molecule has 2 aliphatic heterocycles. The van der Waals surface area contributed by atoms with Gasteiger partial charge < -0.3 is 9.64 Å². The van der Waals surface area contributed by atoms with Gasteiger partial charge >= 0.3 is 12.3 Å². The van der Waals surface area contributed by atoms with Gasteiger partial charge in [-0.2, -0.15) is 13.2 Å². The van der Waals surface area contributed by atoms with Crippen LogP contribution < -0.4 is 4.90 Å². The molecule has 0 radical (unpaired) electrons. The predicted molar refractivity (Wildman–Crippen MR) is 93.5 cm³/mol. The molecule has 3 heterocycles. The fraction of sp³-hybridized carbons (Fsp3) is 0.667. The van der Waals surface area contributed by atoms with Gasteiger partial charge in [0.1, 0.15) is 5.60 Å². The van der Waals surface area contributed by atoms with Crippen molar-refractivity contribution in [1.82, 2.24) is 14.9 Å². The second-order valence-corrected chi connectivity index (χ2v) is 8.38. The Morgan fingerprint density at radius 3 is 2.29 bits per heavy atom. The Morgan fingerprint density at radius 1 is 1.14 bits per heavy atom. The predicted octanol–water partition coefficient (Wildman–Crippen LogP) is 3.25. The Kier molecular flexibility index (Phi) is 5.01. The first-order valence-electron chi connectivity index (χ1n) is 9.06. The van der Waals surface area contributed by atoms with Crippen LogP contribution in [0.3, 0.4) is 0 Å². The third-order valence-corrected chi connectivity index (χ3v) is 5.00. The molecule has 2 aliphatic rings. The number of likely N-dealkylation sites (tertiary alicyclic amines) is 1. The van der Waals surface area contributed by atoms with E-state index < -0.39 is 17.5 Å². The number of hydrogen-bond donors (Lipinski definition) is 0. The number of piperidine rings is 1. The quantitative estimate of drug-likeness (QED) is 0.723. The van der Waals surface area contributed by atoms with Crippen LogP contribution in [0.1, 0.15) is 45.7 Å². The molecule has 0 aromatic carbocycles. The average molecular weight is 400 g/mol. The molecule has 3 rings (SSSR count). The van der Waals surface area contributed by atoms with Crippen molar-refractivity contribution in [3.63, 3.8) is 0 Å². The maximum atomic E-state index is 12.6. The summed E-state index contributed by atoms with van der Waals surface area (Å²) in [7, 11) is 0. The standard InChI is InChI=1S/C18H23F3N4O3/c1-16(2,3)28-15(27)24-6-4-17(5-7-24)8-14(26)25(11-17)13-10-22-12(9-23-13)18(19,20)21/h9-10H,4-8,11H2,1-3H3. The van der Waals surface area contributed by atoms with E-state index >= 15 is 0 Å². The minimum absolute atomic E-state index is 0.115. The number of hydrogen-bond acceptors (Lipinski definition) is 5. The van der Waals surface area contributed by atoms with Crippen molar-refractivity contribution >= 4 is 17.8 Å². The smallest absolute Gasteiger partial charge is 0.434 e. The van der Waals surface area contributed by atoms with E-state index in [1.807, 2.05) is 0 Å². The molecule has 2 amide bonds. The van der Waals surface area contributed by atoms with Gasteiger partial charge in [-0.05, 0) is 33.6 Å². The van der Waals surface area contributed by atoms with Crippen LogP contribution in [-0.2, 0) is 15.7 Å². The summed E-state index contributed by atoms with van der Waals surface area (Å²) in [5, 5.41) is 0. The first kappa shape index (κ1) is 20.3. The third kappa shape index (κ3) is 4.36. The van der Waals surface area contributed by atoms with Crippen molar-refractivity contribution in [2.45, 2.75) is 51.8 Å². The van der Waals surface area contributed by atoms with Crippen LogP contribution in [-0.4, -0.2) is 52.1 Å². The molecule has 0 bridgehead atoms. The molecule has 10 heteroatoms. The topological polar surface area (TPSA) is 75.6 Å². The van der Waals surface area contributed by atoms with Gasteiger partial charge in [0.2, 0.25) is 5.91 Å². The van der Waals surface area contributed by atoms with Crippen LogP contribution in [0.5, 0.6) is 0 Å². The van der Waals surface area contributed by atoms with Crippen molar-refractivity contribution in [2.24, 2.45) is 5.41 Å². The van der Waals surface area contributed by atoms with Gasteiger partial charge in [-0.3, -0.25) is 9.69 Å². The first-order valence-corrected chi connectivity index (χ1v) is 9.06. The van der Waals surface area contributed by atoms with Crippen molar-refractivity contribution < 1.29 is 27.5 Å². The lowest BCUT2D eigenvalue weighted by atomic mass is 9.78. The van der Waals surface area contributed by atoms with E-state index in [1.54, 1.807) is 25.7 Å². The van der Waals surface area contributed by atoms with E-state index in [0.29, 0.717) is 38.7 Å². The zero-order chi connectivity index (χ0) is 20.7. The number of amides is 2. The summed E-state index contributed by atoms with van der Waals surface area (Å²) in [5.74, 6) is -0.0794. The molecule has 0 saturated carbocycles. The summed E-state index contributed by atoms with van der Waals surface area (Å²) in [6.07, 6.45) is -1.83. The Hall–Kier alpha value is -2.39. The molecule has 28 heavy (non-hydrogen) atoms. The zero-order valence-corrected chi connectivity index (χ0v) is 16.0. The van der Waals surface area contributed by atoms with Gasteiger partial charge in [0, 0.05) is 31.5 Å². The summed E-state index contributed by atoms with van der Waals surface area (Å²) in [6, 6.07) is 0. The van der Waals surface area contributed by atoms with E-state index in [-0.39, 0.29) is 29.7 Å². The van der Waals surface area contributed by atoms with Crippen LogP contribution in [0.2, 0.25) is 0 Å². The highest BCUT2D eigenvalue weighted by molar-refractivity contribution is 5.95. The number of halogens is 3. The normalized spacial score (nSPS) is 20.0. The second-order valence-electron chi connectivity index (χ2n) is 8.38. The molecular weight excluding hydrogens is 377 g/mol. The molecule has 7 nitrogen and oxygen atoms in total. The molecule has 0 atom stereocenters. The first-order chi connectivity index (χ1) is 12.9. The van der Waals surface area contributed by atoms with Gasteiger partial charge in [-0.15, -0.1) is 0 Å². The van der Waals surface area contributed by atoms with Crippen molar-refractivity contribution in [2.75, 3.05) is 24.5 Å². The number of alkyl halides is 3. The maximum absolute atomic E-state index is 12.6. The fourth-order valence-corrected chi connectivity index (χ4v) is 3.54. The molecule has 0 unspecified atom stereocenters. The lowest BCUT2D eigenvalue weighted by molar-refractivity contribution is -0.141. The zero-order valence-electron chi connectivity index (χ0n) is 16.0. The van der Waals surface area contributed by atoms with Crippen molar-refractivity contribution in [3.05, 3.63) is 18.1 Å². The van der Waals surface area contributed by atoms with E-state index in [2.05, 4.69) is 9.97 Å². The van der Waals surface area contributed by atoms with Crippen LogP contribution in [0.15, 0.2) is 12.4 Å². The summed E-state index contributed by atoms with van der Waals surface area (Å²) < 4.78 is 43.3. The van der Waals surface area contributed by atoms with Gasteiger partial charge in [0.25, 0.3) is 0 Å². The number of rotatable bonds is 1. The number of carbonyl (C=O) groups is 2. The van der Waals surface area contributed by atoms with Crippen molar-refractivity contribution in [1.29, 1.82) is 0 Å². The van der Waals surface area contributed by atoms with E-state index in [1.165, 1.54) is 4.90 Å². The Bertz CT molecular complexity index is 751. The minimum atomic E-state index is -4.57. The van der Waals surface area contributed by atoms with Crippen LogP contribution in [0, 0.1) is 5.41 Å².